The Hall–Kier alpha value is -2.14. The SMILES string of the molecule is Cc1ccnn1-c1ccc(C(N)CCC(=O)O)cc1. The van der Waals surface area contributed by atoms with Gasteiger partial charge in [-0.15, -0.1) is 0 Å². The van der Waals surface area contributed by atoms with Crippen LogP contribution in [0.15, 0.2) is 36.5 Å². The van der Waals surface area contributed by atoms with Crippen molar-refractivity contribution in [2.24, 2.45) is 5.73 Å². The molecule has 0 radical (unpaired) electrons. The van der Waals surface area contributed by atoms with Gasteiger partial charge < -0.3 is 10.8 Å². The molecule has 0 bridgehead atoms. The van der Waals surface area contributed by atoms with Gasteiger partial charge in [0.05, 0.1) is 5.69 Å². The molecule has 2 aromatic rings. The number of benzene rings is 1. The highest BCUT2D eigenvalue weighted by Crippen LogP contribution is 2.18. The van der Waals surface area contributed by atoms with Gasteiger partial charge in [0.15, 0.2) is 0 Å². The number of carboxylic acids is 1. The number of aliphatic carboxylic acids is 1. The van der Waals surface area contributed by atoms with Gasteiger partial charge in [-0.3, -0.25) is 4.79 Å². The molecule has 2 rings (SSSR count). The average Bonchev–Trinajstić information content (AvgIpc) is 2.82. The van der Waals surface area contributed by atoms with Gasteiger partial charge in [-0.1, -0.05) is 12.1 Å². The van der Waals surface area contributed by atoms with Crippen molar-refractivity contribution >= 4 is 5.97 Å². The normalized spacial score (nSPS) is 12.3. The van der Waals surface area contributed by atoms with Crippen LogP contribution in [0.25, 0.3) is 5.69 Å². The number of aryl methyl sites for hydroxylation is 1. The minimum absolute atomic E-state index is 0.0845. The third-order valence-electron chi connectivity index (χ3n) is 3.07. The number of carbonyl (C=O) groups is 1. The first-order valence-electron chi connectivity index (χ1n) is 6.16. The van der Waals surface area contributed by atoms with Crippen LogP contribution in [0.2, 0.25) is 0 Å². The highest BCUT2D eigenvalue weighted by molar-refractivity contribution is 5.66. The van der Waals surface area contributed by atoms with Crippen LogP contribution in [-0.4, -0.2) is 20.9 Å². The lowest BCUT2D eigenvalue weighted by Crippen LogP contribution is -2.12. The fourth-order valence-corrected chi connectivity index (χ4v) is 1.95. The number of hydrogen-bond acceptors (Lipinski definition) is 3. The number of nitrogens with zero attached hydrogens (tertiary/aromatic N) is 2. The van der Waals surface area contributed by atoms with E-state index in [1.54, 1.807) is 6.20 Å². The summed E-state index contributed by atoms with van der Waals surface area (Å²) in [6, 6.07) is 9.41. The molecule has 0 saturated heterocycles. The maximum atomic E-state index is 10.5. The third-order valence-corrected chi connectivity index (χ3v) is 3.07. The van der Waals surface area contributed by atoms with Crippen LogP contribution in [0.3, 0.4) is 0 Å². The molecule has 5 nitrogen and oxygen atoms in total. The Morgan fingerprint density at radius 1 is 1.37 bits per heavy atom. The van der Waals surface area contributed by atoms with Crippen molar-refractivity contribution in [1.29, 1.82) is 0 Å². The van der Waals surface area contributed by atoms with Gasteiger partial charge in [0.1, 0.15) is 0 Å². The van der Waals surface area contributed by atoms with Gasteiger partial charge in [-0.2, -0.15) is 5.10 Å². The van der Waals surface area contributed by atoms with E-state index < -0.39 is 5.97 Å². The molecule has 0 fully saturated rings. The molecule has 100 valence electrons. The minimum Gasteiger partial charge on any atom is -0.481 e. The summed E-state index contributed by atoms with van der Waals surface area (Å²) in [7, 11) is 0. The average molecular weight is 259 g/mol. The van der Waals surface area contributed by atoms with E-state index in [1.807, 2.05) is 41.9 Å². The summed E-state index contributed by atoms with van der Waals surface area (Å²) >= 11 is 0. The molecule has 1 aromatic heterocycles. The molecule has 0 aliphatic carbocycles. The van der Waals surface area contributed by atoms with Gasteiger partial charge in [-0.05, 0) is 37.1 Å². The number of hydrogen-bond donors (Lipinski definition) is 2. The Bertz CT molecular complexity index is 560. The summed E-state index contributed by atoms with van der Waals surface area (Å²) < 4.78 is 1.84. The molecule has 1 unspecified atom stereocenters. The molecule has 0 aliphatic rings. The van der Waals surface area contributed by atoms with Gasteiger partial charge in [-0.25, -0.2) is 4.68 Å². The number of carboxylic acid groups (broad SMARTS) is 1. The second-order valence-corrected chi connectivity index (χ2v) is 4.51. The number of nitrogens with two attached hydrogens (primary N) is 1. The number of rotatable bonds is 5. The van der Waals surface area contributed by atoms with Gasteiger partial charge in [0.2, 0.25) is 0 Å². The summed E-state index contributed by atoms with van der Waals surface area (Å²) in [5.74, 6) is -0.820. The molecular formula is C14H17N3O2. The standard InChI is InChI=1S/C14H17N3O2/c1-10-8-9-16-17(10)12-4-2-11(3-5-12)13(15)6-7-14(18)19/h2-5,8-9,13H,6-7,15H2,1H3,(H,18,19). The fraction of sp³-hybridized carbons (Fsp3) is 0.286. The van der Waals surface area contributed by atoms with Crippen molar-refractivity contribution in [3.8, 4) is 5.69 Å². The lowest BCUT2D eigenvalue weighted by molar-refractivity contribution is -0.137. The smallest absolute Gasteiger partial charge is 0.303 e. The lowest BCUT2D eigenvalue weighted by atomic mass is 10.0. The summed E-state index contributed by atoms with van der Waals surface area (Å²) in [6.45, 7) is 1.99. The van der Waals surface area contributed by atoms with Gasteiger partial charge in [0.25, 0.3) is 0 Å². The first-order chi connectivity index (χ1) is 9.08. The predicted molar refractivity (Wildman–Crippen MR) is 72.1 cm³/mol. The van der Waals surface area contributed by atoms with E-state index in [4.69, 9.17) is 10.8 Å². The van der Waals surface area contributed by atoms with Crippen molar-refractivity contribution in [3.63, 3.8) is 0 Å². The molecular weight excluding hydrogens is 242 g/mol. The number of aromatic nitrogens is 2. The largest absolute Gasteiger partial charge is 0.481 e. The monoisotopic (exact) mass is 259 g/mol. The molecule has 0 aliphatic heterocycles. The van der Waals surface area contributed by atoms with Crippen LogP contribution in [-0.2, 0) is 4.79 Å². The summed E-state index contributed by atoms with van der Waals surface area (Å²) in [5, 5.41) is 12.9. The maximum Gasteiger partial charge on any atom is 0.303 e. The molecule has 1 atom stereocenters. The van der Waals surface area contributed by atoms with Crippen LogP contribution in [0.1, 0.15) is 30.1 Å². The Morgan fingerprint density at radius 3 is 2.58 bits per heavy atom. The van der Waals surface area contributed by atoms with Crippen molar-refractivity contribution in [2.75, 3.05) is 0 Å². The zero-order valence-corrected chi connectivity index (χ0v) is 10.8. The van der Waals surface area contributed by atoms with E-state index in [2.05, 4.69) is 5.10 Å². The minimum atomic E-state index is -0.820. The van der Waals surface area contributed by atoms with Crippen molar-refractivity contribution in [1.82, 2.24) is 9.78 Å². The van der Waals surface area contributed by atoms with E-state index in [-0.39, 0.29) is 12.5 Å². The second-order valence-electron chi connectivity index (χ2n) is 4.51. The zero-order chi connectivity index (χ0) is 13.8. The van der Waals surface area contributed by atoms with Gasteiger partial charge >= 0.3 is 5.97 Å². The molecule has 1 aromatic carbocycles. The fourth-order valence-electron chi connectivity index (χ4n) is 1.95. The molecule has 5 heteroatoms. The molecule has 0 amide bonds. The van der Waals surface area contributed by atoms with Gasteiger partial charge in [0, 0.05) is 24.4 Å². The van der Waals surface area contributed by atoms with E-state index in [1.165, 1.54) is 0 Å². The van der Waals surface area contributed by atoms with E-state index in [9.17, 15) is 4.79 Å². The third kappa shape index (κ3) is 3.20. The highest BCUT2D eigenvalue weighted by atomic mass is 16.4. The van der Waals surface area contributed by atoms with Crippen molar-refractivity contribution in [2.45, 2.75) is 25.8 Å². The topological polar surface area (TPSA) is 81.1 Å². The van der Waals surface area contributed by atoms with E-state index >= 15 is 0 Å². The summed E-state index contributed by atoms with van der Waals surface area (Å²) in [4.78, 5) is 10.5. The van der Waals surface area contributed by atoms with Crippen LogP contribution in [0.5, 0.6) is 0 Å². The summed E-state index contributed by atoms with van der Waals surface area (Å²) in [5.41, 5.74) is 8.92. The second kappa shape index (κ2) is 5.67. The Balaban J connectivity index is 2.10. The van der Waals surface area contributed by atoms with Crippen molar-refractivity contribution in [3.05, 3.63) is 47.8 Å². The Morgan fingerprint density at radius 2 is 2.05 bits per heavy atom. The molecule has 3 N–H and O–H groups in total. The van der Waals surface area contributed by atoms with Crippen LogP contribution in [0, 0.1) is 6.92 Å². The molecule has 0 saturated carbocycles. The molecule has 1 heterocycles. The lowest BCUT2D eigenvalue weighted by Gasteiger charge is -2.12. The van der Waals surface area contributed by atoms with E-state index in [0.717, 1.165) is 16.9 Å². The predicted octanol–water partition coefficient (Wildman–Crippen LogP) is 2.05. The van der Waals surface area contributed by atoms with Crippen LogP contribution < -0.4 is 5.73 Å². The first kappa shape index (κ1) is 13.3. The van der Waals surface area contributed by atoms with E-state index in [0.29, 0.717) is 6.42 Å². The Labute approximate surface area is 111 Å². The maximum absolute atomic E-state index is 10.5. The molecule has 0 spiro atoms. The summed E-state index contributed by atoms with van der Waals surface area (Å²) in [6.07, 6.45) is 2.28. The van der Waals surface area contributed by atoms with Crippen molar-refractivity contribution < 1.29 is 9.90 Å². The Kier molecular flexibility index (Phi) is 3.97. The van der Waals surface area contributed by atoms with Crippen LogP contribution >= 0.6 is 0 Å². The van der Waals surface area contributed by atoms with Crippen LogP contribution in [0.4, 0.5) is 0 Å². The first-order valence-corrected chi connectivity index (χ1v) is 6.16. The quantitative estimate of drug-likeness (QED) is 0.861. The zero-order valence-electron chi connectivity index (χ0n) is 10.8. The highest BCUT2D eigenvalue weighted by Gasteiger charge is 2.09. The molecule has 19 heavy (non-hydrogen) atoms.